The molecule has 0 radical (unpaired) electrons. The molecule has 0 aliphatic rings. The lowest BCUT2D eigenvalue weighted by atomic mass is 10.0. The molecular formula is C20H21N3OS. The lowest BCUT2D eigenvalue weighted by Gasteiger charge is -2.05. The third kappa shape index (κ3) is 3.72. The molecule has 0 spiro atoms. The lowest BCUT2D eigenvalue weighted by Crippen LogP contribution is -2.05. The summed E-state index contributed by atoms with van der Waals surface area (Å²) in [4.78, 5) is 17.7. The van der Waals surface area contributed by atoms with E-state index >= 15 is 0 Å². The van der Waals surface area contributed by atoms with Gasteiger partial charge in [0.2, 0.25) is 5.78 Å². The Morgan fingerprint density at radius 1 is 1.20 bits per heavy atom. The summed E-state index contributed by atoms with van der Waals surface area (Å²) in [5.74, 6) is 0.191. The van der Waals surface area contributed by atoms with Crippen molar-refractivity contribution in [3.63, 3.8) is 0 Å². The van der Waals surface area contributed by atoms with Gasteiger partial charge in [-0.05, 0) is 49.6 Å². The highest BCUT2D eigenvalue weighted by atomic mass is 32.1. The van der Waals surface area contributed by atoms with Gasteiger partial charge in [0, 0.05) is 11.3 Å². The van der Waals surface area contributed by atoms with Gasteiger partial charge in [-0.15, -0.1) is 0 Å². The Hall–Kier alpha value is -2.66. The number of hydrogen-bond donors (Lipinski definition) is 2. The van der Waals surface area contributed by atoms with E-state index in [9.17, 15) is 4.79 Å². The Labute approximate surface area is 151 Å². The minimum Gasteiger partial charge on any atom is -0.382 e. The molecule has 0 saturated heterocycles. The van der Waals surface area contributed by atoms with Crippen molar-refractivity contribution in [3.05, 3.63) is 69.6 Å². The smallest absolute Gasteiger partial charge is 0.207 e. The van der Waals surface area contributed by atoms with Crippen LogP contribution in [0.15, 0.2) is 42.5 Å². The largest absolute Gasteiger partial charge is 0.382 e. The molecule has 0 saturated carbocycles. The van der Waals surface area contributed by atoms with Crippen LogP contribution in [0.1, 0.15) is 38.8 Å². The molecule has 4 nitrogen and oxygen atoms in total. The predicted octanol–water partition coefficient (Wildman–Crippen LogP) is 4.88. The number of hydrogen-bond acceptors (Lipinski definition) is 5. The average Bonchev–Trinajstić information content (AvgIpc) is 2.96. The highest BCUT2D eigenvalue weighted by Gasteiger charge is 2.19. The van der Waals surface area contributed by atoms with Gasteiger partial charge in [-0.3, -0.25) is 4.79 Å². The molecule has 0 fully saturated rings. The molecule has 3 aromatic rings. The molecule has 128 valence electrons. The van der Waals surface area contributed by atoms with E-state index < -0.39 is 0 Å². The van der Waals surface area contributed by atoms with Crippen LogP contribution >= 0.6 is 11.3 Å². The molecule has 25 heavy (non-hydrogen) atoms. The van der Waals surface area contributed by atoms with Gasteiger partial charge in [-0.25, -0.2) is 4.98 Å². The van der Waals surface area contributed by atoms with Gasteiger partial charge in [-0.2, -0.15) is 0 Å². The first kappa shape index (κ1) is 17.2. The second kappa shape index (κ2) is 7.07. The monoisotopic (exact) mass is 351 g/mol. The quantitative estimate of drug-likeness (QED) is 0.643. The normalized spacial score (nSPS) is 10.7. The van der Waals surface area contributed by atoms with E-state index in [1.165, 1.54) is 16.9 Å². The summed E-state index contributed by atoms with van der Waals surface area (Å²) in [6.45, 7) is 6.01. The van der Waals surface area contributed by atoms with Crippen molar-refractivity contribution in [2.45, 2.75) is 27.2 Å². The fourth-order valence-corrected chi connectivity index (χ4v) is 3.50. The average molecular weight is 351 g/mol. The number of anilines is 3. The van der Waals surface area contributed by atoms with Crippen LogP contribution in [0.4, 0.5) is 16.6 Å². The Balaban J connectivity index is 1.89. The van der Waals surface area contributed by atoms with Crippen LogP contribution in [-0.2, 0) is 6.42 Å². The second-order valence-electron chi connectivity index (χ2n) is 6.06. The topological polar surface area (TPSA) is 68.0 Å². The summed E-state index contributed by atoms with van der Waals surface area (Å²) in [6.07, 6.45) is 0.964. The van der Waals surface area contributed by atoms with E-state index in [1.807, 2.05) is 44.2 Å². The Kier molecular flexibility index (Phi) is 4.86. The van der Waals surface area contributed by atoms with Crippen LogP contribution in [0.25, 0.3) is 0 Å². The van der Waals surface area contributed by atoms with Crippen LogP contribution in [0.2, 0.25) is 0 Å². The Morgan fingerprint density at radius 3 is 2.76 bits per heavy atom. The van der Waals surface area contributed by atoms with Crippen LogP contribution in [-0.4, -0.2) is 10.8 Å². The second-order valence-corrected chi connectivity index (χ2v) is 7.06. The van der Waals surface area contributed by atoms with E-state index in [-0.39, 0.29) is 11.6 Å². The number of benzene rings is 2. The zero-order chi connectivity index (χ0) is 18.0. The van der Waals surface area contributed by atoms with Crippen molar-refractivity contribution in [2.24, 2.45) is 0 Å². The number of aromatic nitrogens is 1. The molecular weight excluding hydrogens is 330 g/mol. The molecule has 1 heterocycles. The molecule has 3 rings (SSSR count). The number of rotatable bonds is 5. The van der Waals surface area contributed by atoms with Crippen molar-refractivity contribution < 1.29 is 4.79 Å². The number of nitrogens with two attached hydrogens (primary N) is 1. The van der Waals surface area contributed by atoms with Crippen LogP contribution in [0.5, 0.6) is 0 Å². The third-order valence-electron chi connectivity index (χ3n) is 4.08. The van der Waals surface area contributed by atoms with Gasteiger partial charge in [-0.1, -0.05) is 48.1 Å². The van der Waals surface area contributed by atoms with Crippen molar-refractivity contribution in [2.75, 3.05) is 11.1 Å². The van der Waals surface area contributed by atoms with Gasteiger partial charge in [0.1, 0.15) is 10.7 Å². The predicted molar refractivity (Wildman–Crippen MR) is 105 cm³/mol. The molecule has 0 atom stereocenters. The summed E-state index contributed by atoms with van der Waals surface area (Å²) in [7, 11) is 0. The first-order chi connectivity index (χ1) is 12.0. The summed E-state index contributed by atoms with van der Waals surface area (Å²) < 4.78 is 0. The summed E-state index contributed by atoms with van der Waals surface area (Å²) >= 11 is 1.29. The van der Waals surface area contributed by atoms with Crippen molar-refractivity contribution in [1.82, 2.24) is 4.98 Å². The fraction of sp³-hybridized carbons (Fsp3) is 0.200. The van der Waals surface area contributed by atoms with E-state index in [0.29, 0.717) is 15.6 Å². The first-order valence-corrected chi connectivity index (χ1v) is 9.03. The minimum atomic E-state index is -0.0773. The number of nitrogen functional groups attached to an aromatic ring is 1. The fourth-order valence-electron chi connectivity index (χ4n) is 2.64. The third-order valence-corrected chi connectivity index (χ3v) is 5.07. The maximum Gasteiger partial charge on any atom is 0.207 e. The van der Waals surface area contributed by atoms with Crippen molar-refractivity contribution in [1.29, 1.82) is 0 Å². The zero-order valence-electron chi connectivity index (χ0n) is 14.6. The lowest BCUT2D eigenvalue weighted by molar-refractivity contribution is 0.104. The van der Waals surface area contributed by atoms with Gasteiger partial charge < -0.3 is 11.1 Å². The maximum absolute atomic E-state index is 12.9. The summed E-state index contributed by atoms with van der Waals surface area (Å²) in [5, 5.41) is 3.87. The van der Waals surface area contributed by atoms with Crippen molar-refractivity contribution >= 4 is 33.8 Å². The molecule has 0 unspecified atom stereocenters. The Bertz CT molecular complexity index is 930. The number of nitrogens with zero attached hydrogens (tertiary/aromatic N) is 1. The van der Waals surface area contributed by atoms with Crippen LogP contribution < -0.4 is 11.1 Å². The van der Waals surface area contributed by atoms with E-state index in [1.54, 1.807) is 0 Å². The molecule has 0 aliphatic carbocycles. The number of thiazole rings is 1. The zero-order valence-corrected chi connectivity index (χ0v) is 15.4. The minimum absolute atomic E-state index is 0.0773. The van der Waals surface area contributed by atoms with Gasteiger partial charge in [0.25, 0.3) is 0 Å². The van der Waals surface area contributed by atoms with E-state index in [4.69, 9.17) is 5.73 Å². The molecule has 2 aromatic carbocycles. The molecule has 0 aliphatic heterocycles. The number of ketones is 1. The highest BCUT2D eigenvalue weighted by molar-refractivity contribution is 7.18. The molecule has 0 amide bonds. The molecule has 3 N–H and O–H groups in total. The summed E-state index contributed by atoms with van der Waals surface area (Å²) in [5.41, 5.74) is 10.9. The maximum atomic E-state index is 12.9. The Morgan fingerprint density at radius 2 is 2.00 bits per heavy atom. The SMILES string of the molecule is CCc1cccc(Nc2nc(N)c(C(=O)c3cc(C)ccc3C)s2)c1. The molecule has 1 aromatic heterocycles. The number of carbonyl (C=O) groups excluding carboxylic acids is 1. The van der Waals surface area contributed by atoms with Crippen LogP contribution in [0.3, 0.4) is 0 Å². The van der Waals surface area contributed by atoms with Gasteiger partial charge >= 0.3 is 0 Å². The standard InChI is InChI=1S/C20H21N3OS/c1-4-14-6-5-7-15(11-14)22-20-23-19(21)18(25-20)17(24)16-10-12(2)8-9-13(16)3/h5-11H,4,21H2,1-3H3,(H,22,23). The van der Waals surface area contributed by atoms with Gasteiger partial charge in [0.05, 0.1) is 0 Å². The highest BCUT2D eigenvalue weighted by Crippen LogP contribution is 2.30. The van der Waals surface area contributed by atoms with E-state index in [2.05, 4.69) is 29.4 Å². The molecule has 5 heteroatoms. The number of carbonyl (C=O) groups is 1. The molecule has 0 bridgehead atoms. The van der Waals surface area contributed by atoms with Crippen LogP contribution in [0, 0.1) is 13.8 Å². The van der Waals surface area contributed by atoms with Crippen molar-refractivity contribution in [3.8, 4) is 0 Å². The number of nitrogens with one attached hydrogen (secondary N) is 1. The first-order valence-electron chi connectivity index (χ1n) is 8.22. The van der Waals surface area contributed by atoms with Gasteiger partial charge in [0.15, 0.2) is 5.13 Å². The number of aryl methyl sites for hydroxylation is 3. The summed E-state index contributed by atoms with van der Waals surface area (Å²) in [6, 6.07) is 14.0. The van der Waals surface area contributed by atoms with E-state index in [0.717, 1.165) is 23.2 Å².